The maximum Gasteiger partial charge on any atom is 0.0581 e. The minimum atomic E-state index is 0.782. The van der Waals surface area contributed by atoms with Crippen molar-refractivity contribution in [3.63, 3.8) is 0 Å². The van der Waals surface area contributed by atoms with Crippen LogP contribution in [0.1, 0.15) is 18.9 Å². The van der Waals surface area contributed by atoms with Crippen molar-refractivity contribution >= 4 is 5.69 Å². The van der Waals surface area contributed by atoms with Crippen molar-refractivity contribution in [1.82, 2.24) is 0 Å². The van der Waals surface area contributed by atoms with Gasteiger partial charge >= 0.3 is 0 Å². The molecule has 1 nitrogen and oxygen atoms in total. The Bertz CT molecular complexity index is 317. The van der Waals surface area contributed by atoms with E-state index in [1.807, 2.05) is 25.6 Å². The van der Waals surface area contributed by atoms with Crippen LogP contribution >= 0.6 is 0 Å². The minimum Gasteiger partial charge on any atom is -0.379 e. The fraction of sp³-hybridized carbons (Fsp3) is 0.250. The summed E-state index contributed by atoms with van der Waals surface area (Å²) in [5.41, 5.74) is 2.39. The summed E-state index contributed by atoms with van der Waals surface area (Å²) in [6.45, 7) is 5.89. The molecule has 0 heterocycles. The topological polar surface area (TPSA) is 12.0 Å². The second-order valence-electron chi connectivity index (χ2n) is 2.85. The predicted molar refractivity (Wildman–Crippen MR) is 57.2 cm³/mol. The molecule has 1 heteroatoms. The van der Waals surface area contributed by atoms with E-state index in [1.54, 1.807) is 0 Å². The Morgan fingerprint density at radius 1 is 1.46 bits per heavy atom. The lowest BCUT2D eigenvalue weighted by molar-refractivity contribution is 1.25. The molecule has 0 fully saturated rings. The lowest BCUT2D eigenvalue weighted by Crippen LogP contribution is -1.93. The average Bonchev–Trinajstić information content (AvgIpc) is 2.13. The molecule has 13 heavy (non-hydrogen) atoms. The van der Waals surface area contributed by atoms with Crippen LogP contribution < -0.4 is 5.32 Å². The van der Waals surface area contributed by atoms with Gasteiger partial charge in [-0.2, -0.15) is 0 Å². The number of hydrogen-bond donors (Lipinski definition) is 1. The Kier molecular flexibility index (Phi) is 3.92. The van der Waals surface area contributed by atoms with Crippen LogP contribution in [0.4, 0.5) is 5.69 Å². The first-order valence-corrected chi connectivity index (χ1v) is 4.37. The molecule has 1 aromatic rings. The van der Waals surface area contributed by atoms with Gasteiger partial charge in [0, 0.05) is 12.1 Å². The van der Waals surface area contributed by atoms with Crippen molar-refractivity contribution in [3.05, 3.63) is 36.4 Å². The maximum absolute atomic E-state index is 3.19. The van der Waals surface area contributed by atoms with Gasteiger partial charge in [-0.05, 0) is 31.5 Å². The minimum absolute atomic E-state index is 0.782. The van der Waals surface area contributed by atoms with Gasteiger partial charge in [-0.1, -0.05) is 12.1 Å². The molecule has 0 aromatic heterocycles. The van der Waals surface area contributed by atoms with E-state index >= 15 is 0 Å². The summed E-state index contributed by atoms with van der Waals surface area (Å²) in [6.07, 6.45) is 0.782. The van der Waals surface area contributed by atoms with E-state index in [4.69, 9.17) is 0 Å². The highest BCUT2D eigenvalue weighted by atomic mass is 14.9. The van der Waals surface area contributed by atoms with Gasteiger partial charge in [0.25, 0.3) is 0 Å². The van der Waals surface area contributed by atoms with E-state index in [2.05, 4.69) is 36.2 Å². The van der Waals surface area contributed by atoms with E-state index in [1.165, 1.54) is 5.56 Å². The molecular weight excluding hydrogens is 158 g/mol. The van der Waals surface area contributed by atoms with Gasteiger partial charge in [0.05, 0.1) is 6.54 Å². The molecule has 0 amide bonds. The molecule has 1 N–H and O–H groups in total. The molecule has 0 bridgehead atoms. The van der Waals surface area contributed by atoms with Crippen LogP contribution in [0, 0.1) is 25.3 Å². The summed E-state index contributed by atoms with van der Waals surface area (Å²) in [6, 6.07) is 8.27. The number of aryl methyl sites for hydroxylation is 1. The summed E-state index contributed by atoms with van der Waals surface area (Å²) < 4.78 is 0. The second-order valence-corrected chi connectivity index (χ2v) is 2.85. The number of hydrogen-bond acceptors (Lipinski definition) is 1. The summed E-state index contributed by atoms with van der Waals surface area (Å²) in [5, 5.41) is 3.19. The highest BCUT2D eigenvalue weighted by Crippen LogP contribution is 2.09. The SMILES string of the molecule is CC#CC[CH]Nc1cccc(C)c1. The van der Waals surface area contributed by atoms with Crippen molar-refractivity contribution in [3.8, 4) is 11.8 Å². The van der Waals surface area contributed by atoms with Crippen LogP contribution in [-0.2, 0) is 0 Å². The molecule has 0 spiro atoms. The number of anilines is 1. The van der Waals surface area contributed by atoms with Crippen molar-refractivity contribution < 1.29 is 0 Å². The first kappa shape index (κ1) is 9.67. The Labute approximate surface area is 80.2 Å². The quantitative estimate of drug-likeness (QED) is 0.546. The standard InChI is InChI=1S/C12H14N/c1-3-4-5-9-13-12-8-6-7-11(2)10-12/h6-10,13H,5H2,1-2H3. The molecule has 1 rings (SSSR count). The number of rotatable bonds is 3. The molecular formula is C12H14N. The Hall–Kier alpha value is -1.42. The predicted octanol–water partition coefficient (Wildman–Crippen LogP) is 2.98. The third kappa shape index (κ3) is 3.66. The van der Waals surface area contributed by atoms with Gasteiger partial charge in [-0.15, -0.1) is 11.8 Å². The molecule has 0 aliphatic rings. The normalized spacial score (nSPS) is 8.77. The molecule has 0 saturated heterocycles. The summed E-state index contributed by atoms with van der Waals surface area (Å²) in [5.74, 6) is 5.81. The van der Waals surface area contributed by atoms with E-state index in [9.17, 15) is 0 Å². The van der Waals surface area contributed by atoms with Gasteiger partial charge in [0.1, 0.15) is 0 Å². The van der Waals surface area contributed by atoms with Gasteiger partial charge in [-0.3, -0.25) is 0 Å². The fourth-order valence-electron chi connectivity index (χ4n) is 1.06. The van der Waals surface area contributed by atoms with Crippen molar-refractivity contribution in [2.45, 2.75) is 20.3 Å². The van der Waals surface area contributed by atoms with Gasteiger partial charge in [-0.25, -0.2) is 0 Å². The molecule has 1 aromatic carbocycles. The Morgan fingerprint density at radius 3 is 3.00 bits per heavy atom. The Morgan fingerprint density at radius 2 is 2.31 bits per heavy atom. The van der Waals surface area contributed by atoms with Crippen LogP contribution in [0.3, 0.4) is 0 Å². The molecule has 1 radical (unpaired) electrons. The third-order valence-corrected chi connectivity index (χ3v) is 1.67. The zero-order valence-electron chi connectivity index (χ0n) is 8.09. The van der Waals surface area contributed by atoms with Gasteiger partial charge < -0.3 is 5.32 Å². The third-order valence-electron chi connectivity index (χ3n) is 1.67. The van der Waals surface area contributed by atoms with Crippen LogP contribution in [0.25, 0.3) is 0 Å². The summed E-state index contributed by atoms with van der Waals surface area (Å²) in [7, 11) is 0. The molecule has 0 saturated carbocycles. The molecule has 67 valence electrons. The highest BCUT2D eigenvalue weighted by Gasteiger charge is 1.89. The zero-order chi connectivity index (χ0) is 9.52. The smallest absolute Gasteiger partial charge is 0.0581 e. The first-order chi connectivity index (χ1) is 6.33. The van der Waals surface area contributed by atoms with Crippen molar-refractivity contribution in [2.24, 2.45) is 0 Å². The van der Waals surface area contributed by atoms with E-state index in [-0.39, 0.29) is 0 Å². The fourth-order valence-corrected chi connectivity index (χ4v) is 1.06. The van der Waals surface area contributed by atoms with Crippen LogP contribution in [-0.4, -0.2) is 0 Å². The second kappa shape index (κ2) is 5.27. The van der Waals surface area contributed by atoms with Crippen molar-refractivity contribution in [1.29, 1.82) is 0 Å². The van der Waals surface area contributed by atoms with E-state index in [0.29, 0.717) is 0 Å². The van der Waals surface area contributed by atoms with E-state index < -0.39 is 0 Å². The molecule has 0 unspecified atom stereocenters. The molecule has 0 atom stereocenters. The number of nitrogens with one attached hydrogen (secondary N) is 1. The zero-order valence-corrected chi connectivity index (χ0v) is 8.09. The van der Waals surface area contributed by atoms with E-state index in [0.717, 1.165) is 12.1 Å². The number of benzene rings is 1. The maximum atomic E-state index is 3.19. The molecule has 0 aliphatic carbocycles. The summed E-state index contributed by atoms with van der Waals surface area (Å²) >= 11 is 0. The lowest BCUT2D eigenvalue weighted by atomic mass is 10.2. The average molecular weight is 172 g/mol. The highest BCUT2D eigenvalue weighted by molar-refractivity contribution is 5.46. The van der Waals surface area contributed by atoms with Crippen molar-refractivity contribution in [2.75, 3.05) is 5.32 Å². The van der Waals surface area contributed by atoms with Gasteiger partial charge in [0.15, 0.2) is 0 Å². The Balaban J connectivity index is 2.39. The van der Waals surface area contributed by atoms with Crippen LogP contribution in [0.2, 0.25) is 0 Å². The first-order valence-electron chi connectivity index (χ1n) is 4.37. The van der Waals surface area contributed by atoms with Crippen LogP contribution in [0.15, 0.2) is 24.3 Å². The monoisotopic (exact) mass is 172 g/mol. The van der Waals surface area contributed by atoms with Crippen LogP contribution in [0.5, 0.6) is 0 Å². The largest absolute Gasteiger partial charge is 0.379 e. The van der Waals surface area contributed by atoms with Gasteiger partial charge in [0.2, 0.25) is 0 Å². The lowest BCUT2D eigenvalue weighted by Gasteiger charge is -2.03. The summed E-state index contributed by atoms with van der Waals surface area (Å²) in [4.78, 5) is 0. The molecule has 0 aliphatic heterocycles.